The summed E-state index contributed by atoms with van der Waals surface area (Å²) in [4.78, 5) is 17.4. The summed E-state index contributed by atoms with van der Waals surface area (Å²) >= 11 is 6.12. The number of benzene rings is 3. The number of nitrogens with zero attached hydrogens (tertiary/aromatic N) is 3. The van der Waals surface area contributed by atoms with Crippen molar-refractivity contribution in [1.29, 1.82) is 0 Å². The van der Waals surface area contributed by atoms with Gasteiger partial charge in [0.2, 0.25) is 5.91 Å². The molecule has 0 saturated carbocycles. The van der Waals surface area contributed by atoms with Crippen LogP contribution in [0.5, 0.6) is 5.75 Å². The lowest BCUT2D eigenvalue weighted by atomic mass is 10.2. The van der Waals surface area contributed by atoms with Crippen LogP contribution in [-0.4, -0.2) is 58.6 Å². The number of amides is 1. The molecule has 7 nitrogen and oxygen atoms in total. The fourth-order valence-corrected chi connectivity index (χ4v) is 5.70. The Kier molecular flexibility index (Phi) is 7.83. The van der Waals surface area contributed by atoms with Crippen LogP contribution in [0.15, 0.2) is 83.8 Å². The van der Waals surface area contributed by atoms with Gasteiger partial charge in [0.15, 0.2) is 0 Å². The minimum Gasteiger partial charge on any atom is -0.492 e. The molecule has 0 aromatic heterocycles. The van der Waals surface area contributed by atoms with Gasteiger partial charge in [0.05, 0.1) is 17.2 Å². The van der Waals surface area contributed by atoms with Crippen LogP contribution in [0, 0.1) is 0 Å². The molecule has 0 atom stereocenters. The Hall–Kier alpha value is -3.23. The maximum absolute atomic E-state index is 13.7. The SMILES string of the molecule is CCOc1ccccc1N(CC(=O)N1CCN(c2cccc(Cl)c2)CC1)S(=O)(=O)c1ccccc1. The number of ether oxygens (including phenoxy) is 1. The van der Waals surface area contributed by atoms with E-state index < -0.39 is 10.0 Å². The monoisotopic (exact) mass is 513 g/mol. The third-order valence-electron chi connectivity index (χ3n) is 5.85. The van der Waals surface area contributed by atoms with Crippen LogP contribution in [0.25, 0.3) is 0 Å². The number of para-hydroxylation sites is 2. The molecule has 0 aliphatic carbocycles. The molecule has 1 aliphatic heterocycles. The fourth-order valence-electron chi connectivity index (χ4n) is 4.07. The zero-order chi connectivity index (χ0) is 24.8. The summed E-state index contributed by atoms with van der Waals surface area (Å²) in [6.45, 7) is 4.11. The third-order valence-corrected chi connectivity index (χ3v) is 7.86. The second kappa shape index (κ2) is 11.0. The molecule has 0 N–H and O–H groups in total. The highest BCUT2D eigenvalue weighted by Crippen LogP contribution is 2.32. The topological polar surface area (TPSA) is 70.2 Å². The summed E-state index contributed by atoms with van der Waals surface area (Å²) < 4.78 is 34.2. The van der Waals surface area contributed by atoms with Gasteiger partial charge in [-0.05, 0) is 49.4 Å². The van der Waals surface area contributed by atoms with Crippen molar-refractivity contribution in [2.24, 2.45) is 0 Å². The van der Waals surface area contributed by atoms with E-state index in [4.69, 9.17) is 16.3 Å². The van der Waals surface area contributed by atoms with Gasteiger partial charge in [-0.3, -0.25) is 9.10 Å². The zero-order valence-electron chi connectivity index (χ0n) is 19.5. The lowest BCUT2D eigenvalue weighted by molar-refractivity contribution is -0.129. The number of carbonyl (C=O) groups excluding carboxylic acids is 1. The van der Waals surface area contributed by atoms with Gasteiger partial charge in [-0.2, -0.15) is 0 Å². The molecule has 1 fully saturated rings. The molecule has 1 heterocycles. The van der Waals surface area contributed by atoms with Gasteiger partial charge in [0, 0.05) is 36.9 Å². The molecule has 3 aromatic rings. The third kappa shape index (κ3) is 5.71. The normalized spacial score (nSPS) is 14.0. The molecule has 9 heteroatoms. The Bertz CT molecular complexity index is 1260. The highest BCUT2D eigenvalue weighted by molar-refractivity contribution is 7.92. The maximum atomic E-state index is 13.7. The van der Waals surface area contributed by atoms with Gasteiger partial charge in [-0.15, -0.1) is 0 Å². The predicted molar refractivity (Wildman–Crippen MR) is 139 cm³/mol. The van der Waals surface area contributed by atoms with Crippen LogP contribution in [0.2, 0.25) is 5.02 Å². The van der Waals surface area contributed by atoms with E-state index in [-0.39, 0.29) is 17.3 Å². The largest absolute Gasteiger partial charge is 0.492 e. The summed E-state index contributed by atoms with van der Waals surface area (Å²) in [6.07, 6.45) is 0. The van der Waals surface area contributed by atoms with Crippen molar-refractivity contribution < 1.29 is 17.9 Å². The van der Waals surface area contributed by atoms with Gasteiger partial charge >= 0.3 is 0 Å². The number of hydrogen-bond acceptors (Lipinski definition) is 5. The molecular formula is C26H28ClN3O4S. The average Bonchev–Trinajstić information content (AvgIpc) is 2.88. The molecule has 4 rings (SSSR count). The fraction of sp³-hybridized carbons (Fsp3) is 0.269. The molecular weight excluding hydrogens is 486 g/mol. The number of halogens is 1. The molecule has 184 valence electrons. The second-order valence-corrected chi connectivity index (χ2v) is 10.4. The van der Waals surface area contributed by atoms with Crippen LogP contribution < -0.4 is 13.9 Å². The van der Waals surface area contributed by atoms with Crippen LogP contribution in [-0.2, 0) is 14.8 Å². The van der Waals surface area contributed by atoms with Crippen molar-refractivity contribution in [3.05, 3.63) is 83.9 Å². The standard InChI is InChI=1S/C26H28ClN3O4S/c1-2-34-25-14-7-6-13-24(25)30(35(32,33)23-11-4-3-5-12-23)20-26(31)29-17-15-28(16-18-29)22-10-8-9-21(27)19-22/h3-14,19H,2,15-18,20H2,1H3. The average molecular weight is 514 g/mol. The molecule has 0 bridgehead atoms. The van der Waals surface area contributed by atoms with E-state index in [1.54, 1.807) is 47.4 Å². The molecule has 0 radical (unpaired) electrons. The Labute approximate surface area is 211 Å². The van der Waals surface area contributed by atoms with Gasteiger partial charge in [0.1, 0.15) is 12.3 Å². The van der Waals surface area contributed by atoms with Crippen molar-refractivity contribution in [2.75, 3.05) is 48.5 Å². The second-order valence-electron chi connectivity index (χ2n) is 8.07. The molecule has 1 aliphatic rings. The predicted octanol–water partition coefficient (Wildman–Crippen LogP) is 4.28. The van der Waals surface area contributed by atoms with Crippen molar-refractivity contribution in [3.8, 4) is 5.75 Å². The van der Waals surface area contributed by atoms with Crippen molar-refractivity contribution in [2.45, 2.75) is 11.8 Å². The van der Waals surface area contributed by atoms with Crippen LogP contribution in [0.3, 0.4) is 0 Å². The number of piperazine rings is 1. The Morgan fingerprint density at radius 3 is 2.31 bits per heavy atom. The summed E-state index contributed by atoms with van der Waals surface area (Å²) in [6, 6.07) is 22.6. The smallest absolute Gasteiger partial charge is 0.264 e. The molecule has 0 spiro atoms. The molecule has 35 heavy (non-hydrogen) atoms. The first-order valence-electron chi connectivity index (χ1n) is 11.5. The van der Waals surface area contributed by atoms with Gasteiger partial charge < -0.3 is 14.5 Å². The van der Waals surface area contributed by atoms with E-state index in [1.807, 2.05) is 31.2 Å². The van der Waals surface area contributed by atoms with Gasteiger partial charge in [0.25, 0.3) is 10.0 Å². The van der Waals surface area contributed by atoms with Crippen molar-refractivity contribution in [1.82, 2.24) is 4.90 Å². The minimum absolute atomic E-state index is 0.116. The van der Waals surface area contributed by atoms with E-state index in [1.165, 1.54) is 12.1 Å². The number of carbonyl (C=O) groups is 1. The highest BCUT2D eigenvalue weighted by atomic mass is 35.5. The molecule has 1 amide bonds. The molecule has 1 saturated heterocycles. The summed E-state index contributed by atoms with van der Waals surface area (Å²) in [5.74, 6) is 0.148. The van der Waals surface area contributed by atoms with Gasteiger partial charge in [-0.25, -0.2) is 8.42 Å². The van der Waals surface area contributed by atoms with E-state index in [0.717, 1.165) is 9.99 Å². The van der Waals surface area contributed by atoms with Crippen molar-refractivity contribution in [3.63, 3.8) is 0 Å². The molecule has 0 unspecified atom stereocenters. The number of rotatable bonds is 8. The minimum atomic E-state index is -4.01. The first-order chi connectivity index (χ1) is 16.9. The maximum Gasteiger partial charge on any atom is 0.264 e. The van der Waals surface area contributed by atoms with E-state index in [2.05, 4.69) is 4.90 Å². The Morgan fingerprint density at radius 1 is 0.943 bits per heavy atom. The van der Waals surface area contributed by atoms with E-state index >= 15 is 0 Å². The van der Waals surface area contributed by atoms with Crippen LogP contribution in [0.4, 0.5) is 11.4 Å². The summed E-state index contributed by atoms with van der Waals surface area (Å²) in [5, 5.41) is 0.663. The summed E-state index contributed by atoms with van der Waals surface area (Å²) in [5.41, 5.74) is 1.34. The lowest BCUT2D eigenvalue weighted by Crippen LogP contribution is -2.52. The van der Waals surface area contributed by atoms with Crippen LogP contribution in [0.1, 0.15) is 6.92 Å². The quantitative estimate of drug-likeness (QED) is 0.449. The number of anilines is 2. The Morgan fingerprint density at radius 2 is 1.63 bits per heavy atom. The highest BCUT2D eigenvalue weighted by Gasteiger charge is 2.31. The summed E-state index contributed by atoms with van der Waals surface area (Å²) in [7, 11) is -4.01. The number of sulfonamides is 1. The van der Waals surface area contributed by atoms with Crippen molar-refractivity contribution >= 4 is 38.9 Å². The number of hydrogen-bond donors (Lipinski definition) is 0. The zero-order valence-corrected chi connectivity index (χ0v) is 21.1. The lowest BCUT2D eigenvalue weighted by Gasteiger charge is -2.37. The first kappa shape index (κ1) is 24.9. The van der Waals surface area contributed by atoms with Gasteiger partial charge in [-0.1, -0.05) is 48.0 Å². The van der Waals surface area contributed by atoms with Crippen LogP contribution >= 0.6 is 11.6 Å². The molecule has 3 aromatic carbocycles. The van der Waals surface area contributed by atoms with E-state index in [0.29, 0.717) is 49.2 Å². The van der Waals surface area contributed by atoms with E-state index in [9.17, 15) is 13.2 Å². The Balaban J connectivity index is 1.57. The first-order valence-corrected chi connectivity index (χ1v) is 13.3.